The van der Waals surface area contributed by atoms with Gasteiger partial charge in [0, 0.05) is 22.8 Å². The van der Waals surface area contributed by atoms with Crippen LogP contribution in [0.4, 0.5) is 18.9 Å². The van der Waals surface area contributed by atoms with E-state index in [0.717, 1.165) is 15.9 Å². The van der Waals surface area contributed by atoms with Gasteiger partial charge in [0.1, 0.15) is 0 Å². The summed E-state index contributed by atoms with van der Waals surface area (Å²) >= 11 is 0. The average molecular weight is 475 g/mol. The second kappa shape index (κ2) is 10.5. The number of para-hydroxylation sites is 1. The van der Waals surface area contributed by atoms with Crippen LogP contribution in [0, 0.1) is 0 Å². The number of carbonyl (C=O) groups excluding carboxylic acids is 1. The van der Waals surface area contributed by atoms with Crippen LogP contribution in [0.25, 0.3) is 5.70 Å². The summed E-state index contributed by atoms with van der Waals surface area (Å²) in [5.74, 6) is -1.91. The van der Waals surface area contributed by atoms with Gasteiger partial charge in [0.15, 0.2) is 0 Å². The van der Waals surface area contributed by atoms with Crippen molar-refractivity contribution < 1.29 is 18.0 Å². The van der Waals surface area contributed by atoms with E-state index in [-0.39, 0.29) is 5.70 Å². The van der Waals surface area contributed by atoms with E-state index in [1.807, 2.05) is 60.7 Å². The molecule has 4 aromatic rings. The first-order valence-electron chi connectivity index (χ1n) is 10.6. The van der Waals surface area contributed by atoms with Crippen LogP contribution in [-0.4, -0.2) is 12.0 Å². The highest BCUT2D eigenvalue weighted by Crippen LogP contribution is 2.36. The predicted molar refractivity (Wildman–Crippen MR) is 134 cm³/mol. The second-order valence-electron chi connectivity index (χ2n) is 7.43. The lowest BCUT2D eigenvalue weighted by atomic mass is 10.1. The van der Waals surface area contributed by atoms with Crippen molar-refractivity contribution in [1.29, 1.82) is 0 Å². The number of halogens is 3. The molecule has 2 nitrogen and oxygen atoms in total. The Morgan fingerprint density at radius 1 is 0.676 bits per heavy atom. The van der Waals surface area contributed by atoms with E-state index < -0.39 is 19.9 Å². The third kappa shape index (κ3) is 5.62. The van der Waals surface area contributed by atoms with E-state index in [1.54, 1.807) is 30.3 Å². The van der Waals surface area contributed by atoms with E-state index >= 15 is 0 Å². The molecule has 0 amide bonds. The van der Waals surface area contributed by atoms with Crippen LogP contribution >= 0.6 is 7.92 Å². The van der Waals surface area contributed by atoms with Crippen molar-refractivity contribution in [3.05, 3.63) is 127 Å². The summed E-state index contributed by atoms with van der Waals surface area (Å²) in [5.41, 5.74) is 1.22. The smallest absolute Gasteiger partial charge is 0.354 e. The highest BCUT2D eigenvalue weighted by molar-refractivity contribution is 7.80. The minimum atomic E-state index is -4.96. The molecule has 6 heteroatoms. The molecule has 0 fully saturated rings. The van der Waals surface area contributed by atoms with Gasteiger partial charge < -0.3 is 5.32 Å². The van der Waals surface area contributed by atoms with E-state index in [9.17, 15) is 18.0 Å². The van der Waals surface area contributed by atoms with Gasteiger partial charge in [-0.15, -0.1) is 0 Å². The number of ketones is 1. The summed E-state index contributed by atoms with van der Waals surface area (Å²) in [5, 5.41) is 6.30. The molecule has 4 aromatic carbocycles. The lowest BCUT2D eigenvalue weighted by Crippen LogP contribution is -2.24. The van der Waals surface area contributed by atoms with Crippen LogP contribution in [0.15, 0.2) is 121 Å². The molecule has 0 radical (unpaired) electrons. The maximum absolute atomic E-state index is 13.1. The monoisotopic (exact) mass is 475 g/mol. The molecule has 0 bridgehead atoms. The first-order valence-corrected chi connectivity index (χ1v) is 11.9. The number of nitrogens with one attached hydrogen (secondary N) is 1. The van der Waals surface area contributed by atoms with Crippen molar-refractivity contribution in [2.75, 3.05) is 5.32 Å². The van der Waals surface area contributed by atoms with Crippen LogP contribution in [-0.2, 0) is 4.79 Å². The summed E-state index contributed by atoms with van der Waals surface area (Å²) < 4.78 is 39.3. The highest BCUT2D eigenvalue weighted by Gasteiger charge is 2.37. The van der Waals surface area contributed by atoms with Gasteiger partial charge in [-0.05, 0) is 30.2 Å². The molecule has 0 spiro atoms. The van der Waals surface area contributed by atoms with Gasteiger partial charge in [0.2, 0.25) is 0 Å². The largest absolute Gasteiger partial charge is 0.454 e. The predicted octanol–water partition coefficient (Wildman–Crippen LogP) is 6.03. The number of benzene rings is 4. The Hall–Kier alpha value is -3.69. The van der Waals surface area contributed by atoms with Crippen LogP contribution in [0.1, 0.15) is 5.56 Å². The molecule has 34 heavy (non-hydrogen) atoms. The maximum Gasteiger partial charge on any atom is 0.454 e. The number of hydrogen-bond donors (Lipinski definition) is 1. The Balaban J connectivity index is 1.83. The third-order valence-electron chi connectivity index (χ3n) is 5.08. The fourth-order valence-electron chi connectivity index (χ4n) is 3.52. The fraction of sp³-hybridized carbons (Fsp3) is 0.0357. The molecule has 0 saturated heterocycles. The lowest BCUT2D eigenvalue weighted by molar-refractivity contribution is -0.165. The fourth-order valence-corrected chi connectivity index (χ4v) is 5.92. The Morgan fingerprint density at radius 3 is 1.68 bits per heavy atom. The summed E-state index contributed by atoms with van der Waals surface area (Å²) in [4.78, 5) is 11.9. The first-order chi connectivity index (χ1) is 16.4. The van der Waals surface area contributed by atoms with E-state index in [4.69, 9.17) is 0 Å². The Labute approximate surface area is 197 Å². The molecule has 0 aromatic heterocycles. The Kier molecular flexibility index (Phi) is 7.24. The molecule has 0 aliphatic carbocycles. The molecule has 0 atom stereocenters. The van der Waals surface area contributed by atoms with Crippen molar-refractivity contribution in [3.63, 3.8) is 0 Å². The normalized spacial score (nSPS) is 11.9. The molecule has 0 aliphatic heterocycles. The molecule has 4 rings (SSSR count). The highest BCUT2D eigenvalue weighted by atomic mass is 31.1. The van der Waals surface area contributed by atoms with Gasteiger partial charge >= 0.3 is 6.18 Å². The van der Waals surface area contributed by atoms with Crippen molar-refractivity contribution >= 4 is 41.0 Å². The van der Waals surface area contributed by atoms with Crippen molar-refractivity contribution in [1.82, 2.24) is 0 Å². The lowest BCUT2D eigenvalue weighted by Gasteiger charge is -2.23. The second-order valence-corrected chi connectivity index (χ2v) is 9.62. The van der Waals surface area contributed by atoms with Gasteiger partial charge in [-0.3, -0.25) is 4.79 Å². The molecular weight excluding hydrogens is 454 g/mol. The standard InChI is InChI=1S/C28H21F3NOP/c29-28(30,31)27(33)20-25(21-12-4-1-5-13-21)32-24-18-10-11-19-26(24)34(22-14-6-2-7-15-22)23-16-8-3-9-17-23/h1-20,32H. The van der Waals surface area contributed by atoms with Crippen molar-refractivity contribution in [3.8, 4) is 0 Å². The molecule has 1 N–H and O–H groups in total. The van der Waals surface area contributed by atoms with E-state index in [1.165, 1.54) is 0 Å². The van der Waals surface area contributed by atoms with E-state index in [0.29, 0.717) is 17.3 Å². The first kappa shape index (κ1) is 23.5. The molecule has 0 unspecified atom stereocenters. The zero-order valence-corrected chi connectivity index (χ0v) is 18.9. The summed E-state index contributed by atoms with van der Waals surface area (Å²) in [6.45, 7) is 0. The quantitative estimate of drug-likeness (QED) is 0.261. The van der Waals surface area contributed by atoms with Crippen LogP contribution in [0.2, 0.25) is 0 Å². The number of carbonyl (C=O) groups is 1. The Bertz CT molecular complexity index is 1230. The van der Waals surface area contributed by atoms with Gasteiger partial charge in [-0.1, -0.05) is 109 Å². The zero-order valence-electron chi connectivity index (χ0n) is 18.0. The van der Waals surface area contributed by atoms with Crippen LogP contribution < -0.4 is 21.2 Å². The Morgan fingerprint density at radius 2 is 1.15 bits per heavy atom. The number of allylic oxidation sites excluding steroid dienone is 1. The van der Waals surface area contributed by atoms with Crippen LogP contribution in [0.3, 0.4) is 0 Å². The van der Waals surface area contributed by atoms with Crippen molar-refractivity contribution in [2.45, 2.75) is 6.18 Å². The number of hydrogen-bond acceptors (Lipinski definition) is 2. The minimum Gasteiger partial charge on any atom is -0.354 e. The van der Waals surface area contributed by atoms with Gasteiger partial charge in [-0.2, -0.15) is 13.2 Å². The summed E-state index contributed by atoms with van der Waals surface area (Å²) in [7, 11) is -1.01. The number of rotatable bonds is 7. The number of anilines is 1. The van der Waals surface area contributed by atoms with Gasteiger partial charge in [0.05, 0.1) is 0 Å². The molecule has 0 saturated carbocycles. The summed E-state index contributed by atoms with van der Waals surface area (Å²) in [6, 6.07) is 36.1. The maximum atomic E-state index is 13.1. The van der Waals surface area contributed by atoms with E-state index in [2.05, 4.69) is 29.6 Å². The topological polar surface area (TPSA) is 29.1 Å². The van der Waals surface area contributed by atoms with Gasteiger partial charge in [0.25, 0.3) is 5.78 Å². The molecule has 170 valence electrons. The van der Waals surface area contributed by atoms with Crippen molar-refractivity contribution in [2.24, 2.45) is 0 Å². The molecular formula is C28H21F3NOP. The zero-order chi connectivity index (χ0) is 24.0. The van der Waals surface area contributed by atoms with Gasteiger partial charge in [-0.25, -0.2) is 0 Å². The minimum absolute atomic E-state index is 0.0893. The summed E-state index contributed by atoms with van der Waals surface area (Å²) in [6.07, 6.45) is -4.33. The average Bonchev–Trinajstić information content (AvgIpc) is 2.86. The molecule has 0 heterocycles. The molecule has 0 aliphatic rings. The number of alkyl halides is 3. The SMILES string of the molecule is O=C(C=C(Nc1ccccc1P(c1ccccc1)c1ccccc1)c1ccccc1)C(F)(F)F. The third-order valence-corrected chi connectivity index (χ3v) is 7.58. The van der Waals surface area contributed by atoms with Crippen LogP contribution in [0.5, 0.6) is 0 Å².